The van der Waals surface area contributed by atoms with Gasteiger partial charge in [-0.3, -0.25) is 9.48 Å². The normalized spacial score (nSPS) is 19.9. The van der Waals surface area contributed by atoms with E-state index in [1.807, 2.05) is 6.92 Å². The zero-order valence-electron chi connectivity index (χ0n) is 17.5. The predicted molar refractivity (Wildman–Crippen MR) is 115 cm³/mol. The number of pyridine rings is 1. The first-order chi connectivity index (χ1) is 15.1. The van der Waals surface area contributed by atoms with Gasteiger partial charge in [-0.2, -0.15) is 9.40 Å². The summed E-state index contributed by atoms with van der Waals surface area (Å²) in [7, 11) is -3.73. The van der Waals surface area contributed by atoms with Crippen LogP contribution < -0.4 is 0 Å². The van der Waals surface area contributed by atoms with E-state index < -0.39 is 15.8 Å². The average Bonchev–Trinajstić information content (AvgIpc) is 3.35. The second-order valence-electron chi connectivity index (χ2n) is 7.96. The lowest BCUT2D eigenvalue weighted by Gasteiger charge is -2.35. The number of sulfonamides is 1. The van der Waals surface area contributed by atoms with Crippen LogP contribution in [-0.4, -0.2) is 56.3 Å². The fraction of sp³-hybridized carbons (Fsp3) is 0.400. The van der Waals surface area contributed by atoms with Crippen LogP contribution in [0.15, 0.2) is 35.6 Å². The van der Waals surface area contributed by atoms with Gasteiger partial charge in [0.15, 0.2) is 16.8 Å². The van der Waals surface area contributed by atoms with E-state index in [2.05, 4.69) is 20.1 Å². The SMILES string of the molecule is CC(=O)Cn1cc(S(=O)(=O)N2CC[C@@H](c3[nH]c(-c4ccc(F)cn4)nc3Cl)[C@@H](C)C2)cn1. The average molecular weight is 481 g/mol. The van der Waals surface area contributed by atoms with Crippen LogP contribution in [0.4, 0.5) is 4.39 Å². The molecule has 0 saturated carbocycles. The van der Waals surface area contributed by atoms with Crippen molar-refractivity contribution in [3.05, 3.63) is 47.4 Å². The fourth-order valence-electron chi connectivity index (χ4n) is 3.94. The molecule has 2 atom stereocenters. The molecule has 4 heterocycles. The number of imidazole rings is 1. The molecule has 1 saturated heterocycles. The van der Waals surface area contributed by atoms with Gasteiger partial charge >= 0.3 is 0 Å². The van der Waals surface area contributed by atoms with Crippen molar-refractivity contribution < 1.29 is 17.6 Å². The van der Waals surface area contributed by atoms with Crippen molar-refractivity contribution in [2.45, 2.75) is 37.6 Å². The molecule has 9 nitrogen and oxygen atoms in total. The first-order valence-electron chi connectivity index (χ1n) is 10.0. The van der Waals surface area contributed by atoms with Crippen molar-refractivity contribution in [3.63, 3.8) is 0 Å². The van der Waals surface area contributed by atoms with Crippen LogP contribution in [0.2, 0.25) is 5.15 Å². The molecule has 0 amide bonds. The quantitative estimate of drug-likeness (QED) is 0.580. The van der Waals surface area contributed by atoms with E-state index in [-0.39, 0.29) is 29.1 Å². The minimum Gasteiger partial charge on any atom is -0.339 e. The monoisotopic (exact) mass is 480 g/mol. The Morgan fingerprint density at radius 2 is 2.12 bits per heavy atom. The van der Waals surface area contributed by atoms with E-state index in [1.165, 1.54) is 40.4 Å². The first kappa shape index (κ1) is 22.6. The van der Waals surface area contributed by atoms with Gasteiger partial charge in [-0.1, -0.05) is 18.5 Å². The summed E-state index contributed by atoms with van der Waals surface area (Å²) < 4.78 is 42.0. The maximum atomic E-state index is 13.1. The van der Waals surface area contributed by atoms with Crippen LogP contribution in [0.3, 0.4) is 0 Å². The van der Waals surface area contributed by atoms with Crippen molar-refractivity contribution in [1.82, 2.24) is 29.0 Å². The van der Waals surface area contributed by atoms with Gasteiger partial charge in [-0.25, -0.2) is 22.8 Å². The molecule has 0 unspecified atom stereocenters. The highest BCUT2D eigenvalue weighted by molar-refractivity contribution is 7.89. The molecule has 0 spiro atoms. The Bertz CT molecular complexity index is 1240. The summed E-state index contributed by atoms with van der Waals surface area (Å²) in [5.41, 5.74) is 1.18. The Morgan fingerprint density at radius 3 is 2.78 bits per heavy atom. The maximum Gasteiger partial charge on any atom is 0.246 e. The van der Waals surface area contributed by atoms with E-state index in [9.17, 15) is 17.6 Å². The van der Waals surface area contributed by atoms with Crippen molar-refractivity contribution in [3.8, 4) is 11.5 Å². The van der Waals surface area contributed by atoms with Gasteiger partial charge in [0.25, 0.3) is 0 Å². The van der Waals surface area contributed by atoms with Gasteiger partial charge in [0.2, 0.25) is 10.0 Å². The Hall–Kier alpha value is -2.63. The number of aromatic amines is 1. The second kappa shape index (κ2) is 8.72. The maximum absolute atomic E-state index is 13.1. The molecule has 3 aromatic rings. The third kappa shape index (κ3) is 4.45. The Labute approximate surface area is 189 Å². The first-order valence-corrected chi connectivity index (χ1v) is 11.9. The van der Waals surface area contributed by atoms with Crippen molar-refractivity contribution in [2.24, 2.45) is 5.92 Å². The molecule has 1 aliphatic heterocycles. The summed E-state index contributed by atoms with van der Waals surface area (Å²) in [6.07, 6.45) is 4.29. The number of rotatable bonds is 6. The topological polar surface area (TPSA) is 114 Å². The number of aromatic nitrogens is 5. The molecule has 3 aromatic heterocycles. The smallest absolute Gasteiger partial charge is 0.246 e. The molecule has 170 valence electrons. The highest BCUT2D eigenvalue weighted by Gasteiger charge is 2.36. The van der Waals surface area contributed by atoms with Crippen LogP contribution >= 0.6 is 11.6 Å². The van der Waals surface area contributed by atoms with Crippen LogP contribution in [-0.2, 0) is 21.4 Å². The lowest BCUT2D eigenvalue weighted by molar-refractivity contribution is -0.117. The molecule has 12 heteroatoms. The molecular weight excluding hydrogens is 459 g/mol. The number of H-pyrrole nitrogens is 1. The van der Waals surface area contributed by atoms with E-state index in [0.29, 0.717) is 41.9 Å². The van der Waals surface area contributed by atoms with Gasteiger partial charge in [-0.05, 0) is 31.4 Å². The van der Waals surface area contributed by atoms with Gasteiger partial charge < -0.3 is 4.98 Å². The fourth-order valence-corrected chi connectivity index (χ4v) is 5.73. The number of Topliss-reactive ketones (excluding diaryl/α,β-unsaturated/α-hetero) is 1. The van der Waals surface area contributed by atoms with Gasteiger partial charge in [0, 0.05) is 25.2 Å². The van der Waals surface area contributed by atoms with Gasteiger partial charge in [0.1, 0.15) is 16.4 Å². The molecule has 0 radical (unpaired) electrons. The Morgan fingerprint density at radius 1 is 1.34 bits per heavy atom. The zero-order chi connectivity index (χ0) is 23.0. The number of halogens is 2. The van der Waals surface area contributed by atoms with E-state index >= 15 is 0 Å². The Balaban J connectivity index is 1.50. The van der Waals surface area contributed by atoms with Crippen LogP contribution in [0.1, 0.15) is 31.9 Å². The minimum atomic E-state index is -3.73. The summed E-state index contributed by atoms with van der Waals surface area (Å²) in [6, 6.07) is 2.81. The van der Waals surface area contributed by atoms with Crippen LogP contribution in [0.25, 0.3) is 11.5 Å². The van der Waals surface area contributed by atoms with Gasteiger partial charge in [0.05, 0.1) is 24.6 Å². The number of ketones is 1. The third-order valence-electron chi connectivity index (χ3n) is 5.53. The second-order valence-corrected chi connectivity index (χ2v) is 10.3. The van der Waals surface area contributed by atoms with Crippen molar-refractivity contribution in [2.75, 3.05) is 13.1 Å². The standard InChI is InChI=1S/C20H22ClFN6O3S/c1-12-9-28(32(30,31)15-8-24-27(11-15)10-13(2)29)6-5-16(12)18-19(21)26-20(25-18)17-4-3-14(22)7-23-17/h3-4,7-8,11-12,16H,5-6,9-10H2,1-2H3,(H,25,26)/t12-,16+/m0/s1. The number of carbonyl (C=O) groups excluding carboxylic acids is 1. The lowest BCUT2D eigenvalue weighted by atomic mass is 9.86. The van der Waals surface area contributed by atoms with Crippen LogP contribution in [0, 0.1) is 11.7 Å². The van der Waals surface area contributed by atoms with Crippen LogP contribution in [0.5, 0.6) is 0 Å². The molecule has 0 bridgehead atoms. The highest BCUT2D eigenvalue weighted by Crippen LogP contribution is 2.37. The van der Waals surface area contributed by atoms with Gasteiger partial charge in [-0.15, -0.1) is 0 Å². The van der Waals surface area contributed by atoms with Crippen molar-refractivity contribution in [1.29, 1.82) is 0 Å². The predicted octanol–water partition coefficient (Wildman–Crippen LogP) is 2.86. The molecular formula is C20H22ClFN6O3S. The molecule has 1 aliphatic rings. The molecule has 1 N–H and O–H groups in total. The summed E-state index contributed by atoms with van der Waals surface area (Å²) in [4.78, 5) is 22.8. The number of nitrogens with zero attached hydrogens (tertiary/aromatic N) is 5. The molecule has 0 aromatic carbocycles. The largest absolute Gasteiger partial charge is 0.339 e. The van der Waals surface area contributed by atoms with Crippen molar-refractivity contribution >= 4 is 27.4 Å². The summed E-state index contributed by atoms with van der Waals surface area (Å²) >= 11 is 6.38. The molecule has 1 fully saturated rings. The molecule has 4 rings (SSSR count). The Kier molecular flexibility index (Phi) is 6.15. The minimum absolute atomic E-state index is 0.0254. The number of piperidine rings is 1. The summed E-state index contributed by atoms with van der Waals surface area (Å²) in [5.74, 6) is -0.196. The number of hydrogen-bond acceptors (Lipinski definition) is 6. The summed E-state index contributed by atoms with van der Waals surface area (Å²) in [5, 5.41) is 4.27. The van der Waals surface area contributed by atoms with E-state index in [4.69, 9.17) is 11.6 Å². The molecule has 0 aliphatic carbocycles. The third-order valence-corrected chi connectivity index (χ3v) is 7.63. The summed E-state index contributed by atoms with van der Waals surface area (Å²) in [6.45, 7) is 4.00. The number of hydrogen-bond donors (Lipinski definition) is 1. The lowest BCUT2D eigenvalue weighted by Crippen LogP contribution is -2.42. The number of carbonyl (C=O) groups is 1. The number of nitrogens with one attached hydrogen (secondary N) is 1. The highest BCUT2D eigenvalue weighted by atomic mass is 35.5. The van der Waals surface area contributed by atoms with E-state index in [0.717, 1.165) is 6.20 Å². The molecule has 32 heavy (non-hydrogen) atoms. The zero-order valence-corrected chi connectivity index (χ0v) is 19.1. The van der Waals surface area contributed by atoms with E-state index in [1.54, 1.807) is 0 Å².